The quantitative estimate of drug-likeness (QED) is 0.826. The molecule has 0 atom stereocenters. The number of hydrogen-bond acceptors (Lipinski definition) is 3. The molecule has 0 unspecified atom stereocenters. The molecule has 1 aliphatic carbocycles. The molecule has 1 aromatic heterocycles. The van der Waals surface area contributed by atoms with Gasteiger partial charge in [-0.15, -0.1) is 0 Å². The Hall–Kier alpha value is -1.42. The van der Waals surface area contributed by atoms with Crippen molar-refractivity contribution < 1.29 is 4.79 Å². The standard InChI is InChI=1S/C14H21N3O/c15-11-14(7-1-2-8-14)17-13(18)4-3-12-5-9-16-10-6-12/h5-6,9-10H,1-4,7-8,11,15H2,(H,17,18). The number of aromatic nitrogens is 1. The van der Waals surface area contributed by atoms with Gasteiger partial charge in [0.25, 0.3) is 0 Å². The Kier molecular flexibility index (Phi) is 4.31. The zero-order valence-corrected chi connectivity index (χ0v) is 10.7. The summed E-state index contributed by atoms with van der Waals surface area (Å²) in [4.78, 5) is 15.9. The molecule has 1 heterocycles. The molecule has 1 aromatic rings. The first kappa shape index (κ1) is 13.0. The van der Waals surface area contributed by atoms with Crippen LogP contribution >= 0.6 is 0 Å². The Morgan fingerprint density at radius 3 is 2.61 bits per heavy atom. The lowest BCUT2D eigenvalue weighted by Crippen LogP contribution is -2.51. The van der Waals surface area contributed by atoms with Crippen molar-refractivity contribution in [1.29, 1.82) is 0 Å². The van der Waals surface area contributed by atoms with Crippen molar-refractivity contribution in [1.82, 2.24) is 10.3 Å². The number of carbonyl (C=O) groups is 1. The lowest BCUT2D eigenvalue weighted by Gasteiger charge is -2.28. The maximum absolute atomic E-state index is 12.0. The summed E-state index contributed by atoms with van der Waals surface area (Å²) >= 11 is 0. The van der Waals surface area contributed by atoms with Gasteiger partial charge in [0.05, 0.1) is 5.54 Å². The van der Waals surface area contributed by atoms with Gasteiger partial charge in [0.1, 0.15) is 0 Å². The number of pyridine rings is 1. The Bertz CT molecular complexity index is 385. The summed E-state index contributed by atoms with van der Waals surface area (Å²) in [6.45, 7) is 0.550. The molecule has 1 amide bonds. The van der Waals surface area contributed by atoms with Gasteiger partial charge in [-0.05, 0) is 37.0 Å². The van der Waals surface area contributed by atoms with E-state index in [-0.39, 0.29) is 11.4 Å². The van der Waals surface area contributed by atoms with Crippen molar-refractivity contribution in [2.45, 2.75) is 44.1 Å². The minimum Gasteiger partial charge on any atom is -0.349 e. The van der Waals surface area contributed by atoms with Gasteiger partial charge in [0.15, 0.2) is 0 Å². The largest absolute Gasteiger partial charge is 0.349 e. The number of carbonyl (C=O) groups excluding carboxylic acids is 1. The number of rotatable bonds is 5. The molecule has 0 saturated heterocycles. The zero-order chi connectivity index (χ0) is 12.8. The topological polar surface area (TPSA) is 68.0 Å². The number of hydrogen-bond donors (Lipinski definition) is 2. The predicted molar refractivity (Wildman–Crippen MR) is 71.0 cm³/mol. The summed E-state index contributed by atoms with van der Waals surface area (Å²) in [5, 5.41) is 3.13. The van der Waals surface area contributed by atoms with Gasteiger partial charge in [0, 0.05) is 25.4 Å². The van der Waals surface area contributed by atoms with Gasteiger partial charge in [-0.25, -0.2) is 0 Å². The highest BCUT2D eigenvalue weighted by Crippen LogP contribution is 2.28. The second-order valence-electron chi connectivity index (χ2n) is 5.10. The second kappa shape index (κ2) is 5.96. The van der Waals surface area contributed by atoms with Crippen LogP contribution in [0, 0.1) is 0 Å². The van der Waals surface area contributed by atoms with E-state index in [1.54, 1.807) is 12.4 Å². The van der Waals surface area contributed by atoms with E-state index in [9.17, 15) is 4.79 Å². The van der Waals surface area contributed by atoms with E-state index < -0.39 is 0 Å². The Balaban J connectivity index is 1.82. The fourth-order valence-electron chi connectivity index (χ4n) is 2.60. The van der Waals surface area contributed by atoms with Crippen LogP contribution in [0.4, 0.5) is 0 Å². The average molecular weight is 247 g/mol. The third kappa shape index (κ3) is 3.29. The van der Waals surface area contributed by atoms with Gasteiger partial charge in [0.2, 0.25) is 5.91 Å². The van der Waals surface area contributed by atoms with Crippen LogP contribution in [0.1, 0.15) is 37.7 Å². The molecule has 2 rings (SSSR count). The molecule has 98 valence electrons. The van der Waals surface area contributed by atoms with Gasteiger partial charge in [-0.2, -0.15) is 0 Å². The molecule has 0 radical (unpaired) electrons. The zero-order valence-electron chi connectivity index (χ0n) is 10.7. The first-order valence-electron chi connectivity index (χ1n) is 6.64. The molecular weight excluding hydrogens is 226 g/mol. The van der Waals surface area contributed by atoms with Crippen LogP contribution < -0.4 is 11.1 Å². The molecule has 18 heavy (non-hydrogen) atoms. The highest BCUT2D eigenvalue weighted by atomic mass is 16.1. The van der Waals surface area contributed by atoms with E-state index in [4.69, 9.17) is 5.73 Å². The van der Waals surface area contributed by atoms with E-state index in [2.05, 4.69) is 10.3 Å². The van der Waals surface area contributed by atoms with E-state index in [1.165, 1.54) is 12.8 Å². The molecule has 1 aliphatic rings. The van der Waals surface area contributed by atoms with Crippen molar-refractivity contribution in [3.8, 4) is 0 Å². The maximum atomic E-state index is 12.0. The van der Waals surface area contributed by atoms with Crippen LogP contribution in [0.2, 0.25) is 0 Å². The number of nitrogens with zero attached hydrogens (tertiary/aromatic N) is 1. The van der Waals surface area contributed by atoms with E-state index >= 15 is 0 Å². The fourth-order valence-corrected chi connectivity index (χ4v) is 2.60. The minimum atomic E-state index is -0.130. The normalized spacial score (nSPS) is 17.6. The van der Waals surface area contributed by atoms with Crippen molar-refractivity contribution in [3.05, 3.63) is 30.1 Å². The molecule has 3 N–H and O–H groups in total. The summed E-state index contributed by atoms with van der Waals surface area (Å²) < 4.78 is 0. The number of nitrogens with two attached hydrogens (primary N) is 1. The van der Waals surface area contributed by atoms with E-state index in [0.717, 1.165) is 24.8 Å². The van der Waals surface area contributed by atoms with Crippen molar-refractivity contribution in [3.63, 3.8) is 0 Å². The van der Waals surface area contributed by atoms with Crippen molar-refractivity contribution in [2.75, 3.05) is 6.54 Å². The highest BCUT2D eigenvalue weighted by Gasteiger charge is 2.33. The van der Waals surface area contributed by atoms with Gasteiger partial charge in [-0.3, -0.25) is 9.78 Å². The second-order valence-corrected chi connectivity index (χ2v) is 5.10. The summed E-state index contributed by atoms with van der Waals surface area (Å²) in [5.74, 6) is 0.110. The summed E-state index contributed by atoms with van der Waals surface area (Å²) in [6, 6.07) is 3.89. The Morgan fingerprint density at radius 2 is 2.00 bits per heavy atom. The Labute approximate surface area is 108 Å². The van der Waals surface area contributed by atoms with E-state index in [1.807, 2.05) is 12.1 Å². The molecule has 4 heteroatoms. The minimum absolute atomic E-state index is 0.110. The molecule has 1 fully saturated rings. The SMILES string of the molecule is NCC1(NC(=O)CCc2ccncc2)CCCC1. The third-order valence-corrected chi connectivity index (χ3v) is 3.75. The van der Waals surface area contributed by atoms with Crippen LogP contribution in [0.15, 0.2) is 24.5 Å². The van der Waals surface area contributed by atoms with Gasteiger partial charge >= 0.3 is 0 Å². The van der Waals surface area contributed by atoms with Gasteiger partial charge < -0.3 is 11.1 Å². The van der Waals surface area contributed by atoms with Crippen LogP contribution in [0.5, 0.6) is 0 Å². The summed E-state index contributed by atoms with van der Waals surface area (Å²) in [5.41, 5.74) is 6.82. The summed E-state index contributed by atoms with van der Waals surface area (Å²) in [7, 11) is 0. The molecule has 4 nitrogen and oxygen atoms in total. The van der Waals surface area contributed by atoms with Crippen LogP contribution in [-0.2, 0) is 11.2 Å². The summed E-state index contributed by atoms with van der Waals surface area (Å²) in [6.07, 6.45) is 9.16. The van der Waals surface area contributed by atoms with Crippen molar-refractivity contribution in [2.24, 2.45) is 5.73 Å². The smallest absolute Gasteiger partial charge is 0.220 e. The first-order valence-corrected chi connectivity index (χ1v) is 6.64. The van der Waals surface area contributed by atoms with Gasteiger partial charge in [-0.1, -0.05) is 12.8 Å². The number of amides is 1. The molecule has 0 spiro atoms. The predicted octanol–water partition coefficient (Wildman–Crippen LogP) is 1.40. The molecular formula is C14H21N3O. The number of nitrogens with one attached hydrogen (secondary N) is 1. The molecule has 0 aliphatic heterocycles. The fraction of sp³-hybridized carbons (Fsp3) is 0.571. The van der Waals surface area contributed by atoms with Crippen LogP contribution in [0.3, 0.4) is 0 Å². The first-order chi connectivity index (χ1) is 8.74. The van der Waals surface area contributed by atoms with Crippen molar-refractivity contribution >= 4 is 5.91 Å². The van der Waals surface area contributed by atoms with Crippen LogP contribution in [0.25, 0.3) is 0 Å². The molecule has 1 saturated carbocycles. The average Bonchev–Trinajstić information content (AvgIpc) is 2.87. The molecule has 0 aromatic carbocycles. The lowest BCUT2D eigenvalue weighted by atomic mass is 9.97. The molecule has 0 bridgehead atoms. The highest BCUT2D eigenvalue weighted by molar-refractivity contribution is 5.77. The monoisotopic (exact) mass is 247 g/mol. The Morgan fingerprint density at radius 1 is 1.33 bits per heavy atom. The van der Waals surface area contributed by atoms with Crippen LogP contribution in [-0.4, -0.2) is 23.0 Å². The number of aryl methyl sites for hydroxylation is 1. The maximum Gasteiger partial charge on any atom is 0.220 e. The van der Waals surface area contributed by atoms with E-state index in [0.29, 0.717) is 13.0 Å². The third-order valence-electron chi connectivity index (χ3n) is 3.75. The lowest BCUT2D eigenvalue weighted by molar-refractivity contribution is -0.122.